The van der Waals surface area contributed by atoms with Gasteiger partial charge < -0.3 is 14.6 Å². The molecule has 3 aromatic rings. The van der Waals surface area contributed by atoms with Crippen LogP contribution in [0.2, 0.25) is 0 Å². The van der Waals surface area contributed by atoms with Crippen molar-refractivity contribution in [3.8, 4) is 5.75 Å². The molecule has 8 heteroatoms. The number of nitrogens with one attached hydrogen (secondary N) is 1. The fourth-order valence-electron chi connectivity index (χ4n) is 3.51. The highest BCUT2D eigenvalue weighted by molar-refractivity contribution is 6.03. The van der Waals surface area contributed by atoms with Crippen LogP contribution in [0, 0.1) is 0 Å². The Balaban J connectivity index is 1.37. The third-order valence-corrected chi connectivity index (χ3v) is 5.04. The van der Waals surface area contributed by atoms with E-state index in [4.69, 9.17) is 9.26 Å². The molecular formula is C20H23N5O3. The van der Waals surface area contributed by atoms with Crippen molar-refractivity contribution in [1.82, 2.24) is 19.8 Å². The third kappa shape index (κ3) is 4.07. The number of amides is 1. The molecule has 0 unspecified atom stereocenters. The Bertz CT molecular complexity index is 896. The predicted molar refractivity (Wildman–Crippen MR) is 103 cm³/mol. The second-order valence-corrected chi connectivity index (χ2v) is 6.84. The number of nitrogens with zero attached hydrogens (tertiary/aromatic N) is 4. The van der Waals surface area contributed by atoms with Gasteiger partial charge in [0.1, 0.15) is 17.8 Å². The van der Waals surface area contributed by atoms with E-state index in [0.717, 1.165) is 49.7 Å². The van der Waals surface area contributed by atoms with Gasteiger partial charge in [0.2, 0.25) is 0 Å². The molecule has 146 valence electrons. The van der Waals surface area contributed by atoms with Crippen LogP contribution in [0.25, 0.3) is 0 Å². The van der Waals surface area contributed by atoms with Crippen molar-refractivity contribution in [3.05, 3.63) is 60.1 Å². The molecule has 1 amide bonds. The topological polar surface area (TPSA) is 85.4 Å². The van der Waals surface area contributed by atoms with E-state index in [1.54, 1.807) is 43.8 Å². The first-order valence-corrected chi connectivity index (χ1v) is 9.33. The van der Waals surface area contributed by atoms with Gasteiger partial charge in [-0.1, -0.05) is 5.16 Å². The molecule has 0 spiro atoms. The molecule has 28 heavy (non-hydrogen) atoms. The van der Waals surface area contributed by atoms with E-state index in [1.807, 2.05) is 16.8 Å². The van der Waals surface area contributed by atoms with Crippen LogP contribution >= 0.6 is 0 Å². The molecule has 8 nitrogen and oxygen atoms in total. The van der Waals surface area contributed by atoms with Gasteiger partial charge in [-0.3, -0.25) is 9.69 Å². The van der Waals surface area contributed by atoms with Crippen LogP contribution in [0.3, 0.4) is 0 Å². The zero-order chi connectivity index (χ0) is 19.3. The van der Waals surface area contributed by atoms with Crippen molar-refractivity contribution >= 4 is 11.7 Å². The smallest absolute Gasteiger partial charge is 0.256 e. The Hall–Kier alpha value is -3.13. The monoisotopic (exact) mass is 381 g/mol. The molecule has 0 atom stereocenters. The summed E-state index contributed by atoms with van der Waals surface area (Å²) in [5.41, 5.74) is 1.53. The predicted octanol–water partition coefficient (Wildman–Crippen LogP) is 2.97. The van der Waals surface area contributed by atoms with Crippen molar-refractivity contribution in [2.45, 2.75) is 25.4 Å². The molecule has 3 heterocycles. The van der Waals surface area contributed by atoms with E-state index >= 15 is 0 Å². The van der Waals surface area contributed by atoms with Gasteiger partial charge in [-0.05, 0) is 37.1 Å². The Labute approximate surface area is 163 Å². The van der Waals surface area contributed by atoms with Crippen molar-refractivity contribution in [2.24, 2.45) is 0 Å². The summed E-state index contributed by atoms with van der Waals surface area (Å²) >= 11 is 0. The van der Waals surface area contributed by atoms with Gasteiger partial charge in [-0.15, -0.1) is 0 Å². The molecule has 1 N–H and O–H groups in total. The van der Waals surface area contributed by atoms with E-state index in [1.165, 1.54) is 0 Å². The minimum Gasteiger partial charge on any atom is -0.497 e. The van der Waals surface area contributed by atoms with Crippen LogP contribution < -0.4 is 10.1 Å². The molecule has 1 aliphatic heterocycles. The van der Waals surface area contributed by atoms with Gasteiger partial charge in [-0.2, -0.15) is 5.10 Å². The normalized spacial score (nSPS) is 15.5. The standard InChI is InChI=1S/C20H23N5O3/c1-27-18-4-2-15(3-5-18)20(26)22-19-6-10-21-25(19)17-7-11-24(12-8-17)14-16-9-13-28-23-16/h2-6,9-10,13,17H,7-8,11-12,14H2,1H3,(H,22,26). The third-order valence-electron chi connectivity index (χ3n) is 5.04. The van der Waals surface area contributed by atoms with Crippen molar-refractivity contribution < 1.29 is 14.1 Å². The molecule has 0 aliphatic carbocycles. The number of hydrogen-bond acceptors (Lipinski definition) is 6. The Morgan fingerprint density at radius 2 is 2.00 bits per heavy atom. The maximum Gasteiger partial charge on any atom is 0.256 e. The van der Waals surface area contributed by atoms with Crippen LogP contribution in [-0.4, -0.2) is 45.9 Å². The van der Waals surface area contributed by atoms with Gasteiger partial charge in [0.25, 0.3) is 5.91 Å². The van der Waals surface area contributed by atoms with E-state index < -0.39 is 0 Å². The van der Waals surface area contributed by atoms with Gasteiger partial charge in [0, 0.05) is 37.3 Å². The second kappa shape index (κ2) is 8.26. The van der Waals surface area contributed by atoms with E-state index in [2.05, 4.69) is 20.5 Å². The first-order valence-electron chi connectivity index (χ1n) is 9.33. The van der Waals surface area contributed by atoms with Gasteiger partial charge in [0.05, 0.1) is 25.0 Å². The lowest BCUT2D eigenvalue weighted by Gasteiger charge is -2.32. The Morgan fingerprint density at radius 3 is 2.68 bits per heavy atom. The SMILES string of the molecule is COc1ccc(C(=O)Nc2ccnn2C2CCN(Cc3ccon3)CC2)cc1. The lowest BCUT2D eigenvalue weighted by molar-refractivity contribution is 0.102. The first kappa shape index (κ1) is 18.2. The number of likely N-dealkylation sites (tertiary alicyclic amines) is 1. The first-order chi connectivity index (χ1) is 13.7. The van der Waals surface area contributed by atoms with Crippen molar-refractivity contribution in [1.29, 1.82) is 0 Å². The number of methoxy groups -OCH3 is 1. The fraction of sp³-hybridized carbons (Fsp3) is 0.350. The number of hydrogen-bond donors (Lipinski definition) is 1. The largest absolute Gasteiger partial charge is 0.497 e. The average Bonchev–Trinajstić information content (AvgIpc) is 3.41. The number of benzene rings is 1. The minimum absolute atomic E-state index is 0.159. The lowest BCUT2D eigenvalue weighted by atomic mass is 10.1. The molecule has 1 saturated heterocycles. The van der Waals surface area contributed by atoms with E-state index in [0.29, 0.717) is 5.56 Å². The van der Waals surface area contributed by atoms with E-state index in [-0.39, 0.29) is 11.9 Å². The summed E-state index contributed by atoms with van der Waals surface area (Å²) in [6, 6.07) is 11.0. The number of piperidine rings is 1. The molecule has 1 aliphatic rings. The van der Waals surface area contributed by atoms with Gasteiger partial charge in [-0.25, -0.2) is 4.68 Å². The summed E-state index contributed by atoms with van der Waals surface area (Å²) in [6.45, 7) is 2.69. The summed E-state index contributed by atoms with van der Waals surface area (Å²) in [5.74, 6) is 1.28. The number of ether oxygens (including phenoxy) is 1. The number of carbonyl (C=O) groups is 1. The number of anilines is 1. The fourth-order valence-corrected chi connectivity index (χ4v) is 3.51. The molecule has 1 aromatic carbocycles. The lowest BCUT2D eigenvalue weighted by Crippen LogP contribution is -2.35. The second-order valence-electron chi connectivity index (χ2n) is 6.84. The Morgan fingerprint density at radius 1 is 1.21 bits per heavy atom. The van der Waals surface area contributed by atoms with Crippen LogP contribution in [0.4, 0.5) is 5.82 Å². The molecule has 1 fully saturated rings. The summed E-state index contributed by atoms with van der Waals surface area (Å²) in [4.78, 5) is 14.9. The summed E-state index contributed by atoms with van der Waals surface area (Å²) in [7, 11) is 1.60. The maximum absolute atomic E-state index is 12.6. The van der Waals surface area contributed by atoms with Crippen molar-refractivity contribution in [3.63, 3.8) is 0 Å². The average molecular weight is 381 g/mol. The zero-order valence-electron chi connectivity index (χ0n) is 15.7. The van der Waals surface area contributed by atoms with Crippen LogP contribution in [0.15, 0.2) is 53.4 Å². The van der Waals surface area contributed by atoms with E-state index in [9.17, 15) is 4.79 Å². The highest BCUT2D eigenvalue weighted by Gasteiger charge is 2.23. The number of aromatic nitrogens is 3. The zero-order valence-corrected chi connectivity index (χ0v) is 15.7. The molecule has 0 saturated carbocycles. The van der Waals surface area contributed by atoms with Gasteiger partial charge in [0.15, 0.2) is 0 Å². The molecule has 2 aromatic heterocycles. The summed E-state index contributed by atoms with van der Waals surface area (Å²) in [5, 5.41) is 11.4. The molecule has 0 bridgehead atoms. The summed E-state index contributed by atoms with van der Waals surface area (Å²) in [6.07, 6.45) is 5.25. The molecular weight excluding hydrogens is 358 g/mol. The van der Waals surface area contributed by atoms with Gasteiger partial charge >= 0.3 is 0 Å². The van der Waals surface area contributed by atoms with Crippen LogP contribution in [0.5, 0.6) is 5.75 Å². The summed E-state index contributed by atoms with van der Waals surface area (Å²) < 4.78 is 12.0. The van der Waals surface area contributed by atoms with Crippen LogP contribution in [0.1, 0.15) is 34.9 Å². The molecule has 0 radical (unpaired) electrons. The number of carbonyl (C=O) groups excluding carboxylic acids is 1. The Kier molecular flexibility index (Phi) is 5.38. The highest BCUT2D eigenvalue weighted by atomic mass is 16.5. The minimum atomic E-state index is -0.159. The quantitative estimate of drug-likeness (QED) is 0.707. The van der Waals surface area contributed by atoms with Crippen LogP contribution in [-0.2, 0) is 6.54 Å². The maximum atomic E-state index is 12.6. The van der Waals surface area contributed by atoms with Crippen molar-refractivity contribution in [2.75, 3.05) is 25.5 Å². The molecule has 4 rings (SSSR count). The number of rotatable bonds is 6. The highest BCUT2D eigenvalue weighted by Crippen LogP contribution is 2.26.